The standard InChI is InChI=1S/C18H21N5O/c1-12-20-11-14-16(9-6-10-19-17(14)21-12)22-15-8-5-4-7-13(15)18(24)23(2)3/h4-5,7-8,11H,6,9-10H2,1-3H3,(H,19,20,21). The van der Waals surface area contributed by atoms with Gasteiger partial charge in [-0.15, -0.1) is 0 Å². The summed E-state index contributed by atoms with van der Waals surface area (Å²) in [6, 6.07) is 7.43. The first-order valence-electron chi connectivity index (χ1n) is 8.02. The van der Waals surface area contributed by atoms with Crippen molar-refractivity contribution in [3.63, 3.8) is 0 Å². The summed E-state index contributed by atoms with van der Waals surface area (Å²) in [7, 11) is 3.49. The largest absolute Gasteiger partial charge is 0.369 e. The molecule has 0 atom stereocenters. The molecule has 2 aromatic rings. The second kappa shape index (κ2) is 6.78. The molecule has 1 aromatic heterocycles. The molecule has 1 aliphatic rings. The number of nitrogens with zero attached hydrogens (tertiary/aromatic N) is 4. The third-order valence-electron chi connectivity index (χ3n) is 3.90. The predicted octanol–water partition coefficient (Wildman–Crippen LogP) is 2.81. The number of fused-ring (bicyclic) bond motifs is 1. The average Bonchev–Trinajstić information content (AvgIpc) is 2.76. The Morgan fingerprint density at radius 3 is 2.88 bits per heavy atom. The minimum atomic E-state index is -0.0536. The number of carbonyl (C=O) groups excluding carboxylic acids is 1. The quantitative estimate of drug-likeness (QED) is 0.922. The van der Waals surface area contributed by atoms with Crippen LogP contribution in [-0.4, -0.2) is 47.1 Å². The van der Waals surface area contributed by atoms with Crippen LogP contribution in [0.5, 0.6) is 0 Å². The molecule has 1 N–H and O–H groups in total. The molecule has 0 bridgehead atoms. The molecule has 1 aromatic carbocycles. The summed E-state index contributed by atoms with van der Waals surface area (Å²) in [5.74, 6) is 1.49. The maximum Gasteiger partial charge on any atom is 0.255 e. The Bertz CT molecular complexity index is 798. The van der Waals surface area contributed by atoms with Crippen molar-refractivity contribution < 1.29 is 4.79 Å². The van der Waals surface area contributed by atoms with Crippen LogP contribution in [0, 0.1) is 6.92 Å². The topological polar surface area (TPSA) is 70.5 Å². The summed E-state index contributed by atoms with van der Waals surface area (Å²) >= 11 is 0. The van der Waals surface area contributed by atoms with Crippen molar-refractivity contribution >= 4 is 23.1 Å². The van der Waals surface area contributed by atoms with Gasteiger partial charge in [0.1, 0.15) is 11.6 Å². The number of amides is 1. The van der Waals surface area contributed by atoms with Crippen LogP contribution >= 0.6 is 0 Å². The number of carbonyl (C=O) groups is 1. The van der Waals surface area contributed by atoms with Crippen LogP contribution in [0.1, 0.15) is 34.6 Å². The first-order valence-corrected chi connectivity index (χ1v) is 8.02. The molecule has 2 heterocycles. The van der Waals surface area contributed by atoms with E-state index in [9.17, 15) is 4.79 Å². The SMILES string of the molecule is Cc1ncc2c(n1)NCCCC2=Nc1ccccc1C(=O)N(C)C. The summed E-state index contributed by atoms with van der Waals surface area (Å²) in [6.45, 7) is 2.72. The zero-order chi connectivity index (χ0) is 17.1. The molecular weight excluding hydrogens is 302 g/mol. The predicted molar refractivity (Wildman–Crippen MR) is 95.1 cm³/mol. The van der Waals surface area contributed by atoms with Gasteiger partial charge in [0, 0.05) is 26.8 Å². The van der Waals surface area contributed by atoms with Crippen molar-refractivity contribution in [2.45, 2.75) is 19.8 Å². The molecule has 0 aliphatic carbocycles. The Morgan fingerprint density at radius 2 is 2.08 bits per heavy atom. The van der Waals surface area contributed by atoms with Gasteiger partial charge in [0.05, 0.1) is 22.5 Å². The summed E-state index contributed by atoms with van der Waals surface area (Å²) in [6.07, 6.45) is 3.58. The third-order valence-corrected chi connectivity index (χ3v) is 3.90. The van der Waals surface area contributed by atoms with Gasteiger partial charge in [-0.05, 0) is 31.9 Å². The number of rotatable bonds is 2. The number of hydrogen-bond donors (Lipinski definition) is 1. The molecule has 0 saturated carbocycles. The lowest BCUT2D eigenvalue weighted by molar-refractivity contribution is 0.0828. The molecule has 0 saturated heterocycles. The number of nitrogens with one attached hydrogen (secondary N) is 1. The molecule has 6 nitrogen and oxygen atoms in total. The number of aliphatic imine (C=N–C) groups is 1. The zero-order valence-corrected chi connectivity index (χ0v) is 14.2. The molecule has 124 valence electrons. The fraction of sp³-hybridized carbons (Fsp3) is 0.333. The Balaban J connectivity index is 2.08. The normalized spacial score (nSPS) is 15.4. The van der Waals surface area contributed by atoms with Gasteiger partial charge in [-0.25, -0.2) is 9.97 Å². The van der Waals surface area contributed by atoms with Crippen molar-refractivity contribution in [1.82, 2.24) is 14.9 Å². The van der Waals surface area contributed by atoms with Gasteiger partial charge in [-0.3, -0.25) is 9.79 Å². The van der Waals surface area contributed by atoms with E-state index < -0.39 is 0 Å². The molecular formula is C18H21N5O. The van der Waals surface area contributed by atoms with Crippen molar-refractivity contribution in [3.8, 4) is 0 Å². The Labute approximate surface area is 141 Å². The molecule has 1 amide bonds. The smallest absolute Gasteiger partial charge is 0.255 e. The van der Waals surface area contributed by atoms with Gasteiger partial charge in [0.25, 0.3) is 5.91 Å². The van der Waals surface area contributed by atoms with Gasteiger partial charge in [-0.2, -0.15) is 0 Å². The van der Waals surface area contributed by atoms with E-state index in [4.69, 9.17) is 4.99 Å². The maximum atomic E-state index is 12.4. The van der Waals surface area contributed by atoms with Gasteiger partial charge < -0.3 is 10.2 Å². The molecule has 1 aliphatic heterocycles. The van der Waals surface area contributed by atoms with E-state index >= 15 is 0 Å². The van der Waals surface area contributed by atoms with Crippen molar-refractivity contribution in [2.75, 3.05) is 26.0 Å². The third kappa shape index (κ3) is 3.27. The lowest BCUT2D eigenvalue weighted by atomic mass is 10.1. The summed E-state index contributed by atoms with van der Waals surface area (Å²) in [4.78, 5) is 27.5. The second-order valence-corrected chi connectivity index (χ2v) is 5.99. The maximum absolute atomic E-state index is 12.4. The number of aryl methyl sites for hydroxylation is 1. The fourth-order valence-corrected chi connectivity index (χ4v) is 2.67. The van der Waals surface area contributed by atoms with Crippen molar-refractivity contribution in [1.29, 1.82) is 0 Å². The van der Waals surface area contributed by atoms with Crippen molar-refractivity contribution in [2.24, 2.45) is 4.99 Å². The summed E-state index contributed by atoms with van der Waals surface area (Å²) in [5.41, 5.74) is 3.10. The highest BCUT2D eigenvalue weighted by atomic mass is 16.2. The monoisotopic (exact) mass is 323 g/mol. The highest BCUT2D eigenvalue weighted by molar-refractivity contribution is 6.07. The number of aromatic nitrogens is 2. The van der Waals surface area contributed by atoms with E-state index in [0.29, 0.717) is 11.3 Å². The minimum absolute atomic E-state index is 0.0536. The van der Waals surface area contributed by atoms with Crippen LogP contribution in [0.4, 0.5) is 11.5 Å². The summed E-state index contributed by atoms with van der Waals surface area (Å²) < 4.78 is 0. The first-order chi connectivity index (χ1) is 11.6. The van der Waals surface area contributed by atoms with E-state index in [1.807, 2.05) is 37.4 Å². The van der Waals surface area contributed by atoms with E-state index in [1.165, 1.54) is 0 Å². The highest BCUT2D eigenvalue weighted by Gasteiger charge is 2.18. The first kappa shape index (κ1) is 16.1. The van der Waals surface area contributed by atoms with Crippen LogP contribution in [0.3, 0.4) is 0 Å². The Hall–Kier alpha value is -2.76. The van der Waals surface area contributed by atoms with Gasteiger partial charge >= 0.3 is 0 Å². The molecule has 0 unspecified atom stereocenters. The average molecular weight is 323 g/mol. The second-order valence-electron chi connectivity index (χ2n) is 5.99. The highest BCUT2D eigenvalue weighted by Crippen LogP contribution is 2.25. The number of anilines is 1. The lowest BCUT2D eigenvalue weighted by Gasteiger charge is -2.13. The van der Waals surface area contributed by atoms with Crippen LogP contribution in [0.25, 0.3) is 0 Å². The minimum Gasteiger partial charge on any atom is -0.369 e. The molecule has 0 spiro atoms. The van der Waals surface area contributed by atoms with Gasteiger partial charge in [0.15, 0.2) is 0 Å². The van der Waals surface area contributed by atoms with Gasteiger partial charge in [0.2, 0.25) is 0 Å². The Kier molecular flexibility index (Phi) is 4.55. The zero-order valence-electron chi connectivity index (χ0n) is 14.2. The molecule has 0 radical (unpaired) electrons. The van der Waals surface area contributed by atoms with Crippen LogP contribution in [-0.2, 0) is 0 Å². The molecule has 0 fully saturated rings. The van der Waals surface area contributed by atoms with E-state index in [2.05, 4.69) is 15.3 Å². The lowest BCUT2D eigenvalue weighted by Crippen LogP contribution is -2.21. The fourth-order valence-electron chi connectivity index (χ4n) is 2.67. The van der Waals surface area contributed by atoms with Crippen molar-refractivity contribution in [3.05, 3.63) is 47.4 Å². The summed E-state index contributed by atoms with van der Waals surface area (Å²) in [5, 5.41) is 3.33. The van der Waals surface area contributed by atoms with Crippen LogP contribution in [0.15, 0.2) is 35.5 Å². The molecule has 3 rings (SSSR count). The molecule has 24 heavy (non-hydrogen) atoms. The Morgan fingerprint density at radius 1 is 1.29 bits per heavy atom. The number of para-hydroxylation sites is 1. The number of benzene rings is 1. The van der Waals surface area contributed by atoms with Crippen LogP contribution in [0.2, 0.25) is 0 Å². The van der Waals surface area contributed by atoms with E-state index in [0.717, 1.165) is 42.3 Å². The van der Waals surface area contributed by atoms with Gasteiger partial charge in [-0.1, -0.05) is 12.1 Å². The van der Waals surface area contributed by atoms with Crippen LogP contribution < -0.4 is 5.32 Å². The molecule has 6 heteroatoms. The van der Waals surface area contributed by atoms with E-state index in [-0.39, 0.29) is 5.91 Å². The number of hydrogen-bond acceptors (Lipinski definition) is 5. The van der Waals surface area contributed by atoms with E-state index in [1.54, 1.807) is 19.0 Å².